The molecule has 2 aromatic carbocycles. The Balaban J connectivity index is 1.37. The fourth-order valence-corrected chi connectivity index (χ4v) is 4.60. The molecular formula is C21H19FN4O2S2. The van der Waals surface area contributed by atoms with Gasteiger partial charge in [-0.2, -0.15) is 16.9 Å². The van der Waals surface area contributed by atoms with E-state index in [9.17, 15) is 9.18 Å². The quantitative estimate of drug-likeness (QED) is 0.290. The number of para-hydroxylation sites is 1. The number of carbonyl (C=O) groups is 1. The molecule has 9 heteroatoms. The second kappa shape index (κ2) is 9.82. The summed E-state index contributed by atoms with van der Waals surface area (Å²) in [5.74, 6) is 1.60. The zero-order valence-electron chi connectivity index (χ0n) is 15.9. The summed E-state index contributed by atoms with van der Waals surface area (Å²) in [6.07, 6.45) is 1.45. The van der Waals surface area contributed by atoms with Gasteiger partial charge in [-0.3, -0.25) is 9.89 Å². The molecule has 0 spiro atoms. The molecule has 0 saturated heterocycles. The van der Waals surface area contributed by atoms with Crippen LogP contribution < -0.4 is 5.32 Å². The summed E-state index contributed by atoms with van der Waals surface area (Å²) in [6.45, 7) is 0.462. The van der Waals surface area contributed by atoms with Gasteiger partial charge in [-0.15, -0.1) is 0 Å². The van der Waals surface area contributed by atoms with Crippen LogP contribution in [0.15, 0.2) is 64.4 Å². The molecule has 0 bridgehead atoms. The number of H-pyrrole nitrogens is 1. The molecule has 0 saturated carbocycles. The van der Waals surface area contributed by atoms with E-state index < -0.39 is 0 Å². The highest BCUT2D eigenvalue weighted by atomic mass is 32.2. The predicted octanol–water partition coefficient (Wildman–Crippen LogP) is 4.65. The lowest BCUT2D eigenvalue weighted by Crippen LogP contribution is -2.26. The van der Waals surface area contributed by atoms with E-state index in [-0.39, 0.29) is 11.7 Å². The molecule has 2 N–H and O–H groups in total. The summed E-state index contributed by atoms with van der Waals surface area (Å²) in [4.78, 5) is 16.9. The maximum atomic E-state index is 13.7. The largest absolute Gasteiger partial charge is 0.451 e. The highest BCUT2D eigenvalue weighted by Gasteiger charge is 2.20. The van der Waals surface area contributed by atoms with Crippen molar-refractivity contribution in [3.63, 3.8) is 0 Å². The summed E-state index contributed by atoms with van der Waals surface area (Å²) in [7, 11) is 0. The van der Waals surface area contributed by atoms with Gasteiger partial charge in [-0.25, -0.2) is 9.37 Å². The minimum Gasteiger partial charge on any atom is -0.451 e. The molecule has 4 rings (SSSR count). The van der Waals surface area contributed by atoms with Crippen molar-refractivity contribution in [1.82, 2.24) is 20.5 Å². The van der Waals surface area contributed by atoms with E-state index in [1.807, 2.05) is 30.3 Å². The fourth-order valence-electron chi connectivity index (χ4n) is 2.94. The fraction of sp³-hybridized carbons (Fsp3) is 0.190. The first-order chi connectivity index (χ1) is 14.7. The van der Waals surface area contributed by atoms with E-state index >= 15 is 0 Å². The maximum absolute atomic E-state index is 13.7. The van der Waals surface area contributed by atoms with Gasteiger partial charge in [0, 0.05) is 34.8 Å². The van der Waals surface area contributed by atoms with Crippen LogP contribution in [-0.2, 0) is 11.5 Å². The van der Waals surface area contributed by atoms with Crippen LogP contribution in [0.1, 0.15) is 21.7 Å². The zero-order valence-corrected chi connectivity index (χ0v) is 17.6. The molecule has 2 aromatic heterocycles. The van der Waals surface area contributed by atoms with Crippen molar-refractivity contribution in [3.8, 4) is 0 Å². The van der Waals surface area contributed by atoms with Gasteiger partial charge in [0.05, 0.1) is 0 Å². The molecule has 0 radical (unpaired) electrons. The van der Waals surface area contributed by atoms with Gasteiger partial charge < -0.3 is 9.73 Å². The van der Waals surface area contributed by atoms with Crippen molar-refractivity contribution >= 4 is 40.4 Å². The Kier molecular flexibility index (Phi) is 6.70. The van der Waals surface area contributed by atoms with E-state index in [2.05, 4.69) is 20.5 Å². The number of aromatic amines is 1. The predicted molar refractivity (Wildman–Crippen MR) is 117 cm³/mol. The summed E-state index contributed by atoms with van der Waals surface area (Å²) in [5.41, 5.74) is 2.16. The standard InChI is InChI=1S/C21H19FN4O2S2/c22-17-7-3-1-5-14(17)11-29-10-9-23-20(27)19-16(12-30-21-24-13-25-26-21)15-6-2-4-8-18(15)28-19/h1-8,13H,9-12H2,(H,23,27)(H,24,25,26). The van der Waals surface area contributed by atoms with E-state index in [0.717, 1.165) is 10.9 Å². The first-order valence-corrected chi connectivity index (χ1v) is 11.4. The first-order valence-electron chi connectivity index (χ1n) is 9.30. The van der Waals surface area contributed by atoms with Crippen LogP contribution >= 0.6 is 23.5 Å². The third-order valence-electron chi connectivity index (χ3n) is 4.40. The van der Waals surface area contributed by atoms with Crippen molar-refractivity contribution in [2.24, 2.45) is 0 Å². The maximum Gasteiger partial charge on any atom is 0.287 e. The Labute approximate surface area is 181 Å². The van der Waals surface area contributed by atoms with Crippen LogP contribution in [0, 0.1) is 5.82 Å². The van der Waals surface area contributed by atoms with Crippen LogP contribution in [0.25, 0.3) is 11.0 Å². The molecular weight excluding hydrogens is 423 g/mol. The Morgan fingerprint density at radius 1 is 1.13 bits per heavy atom. The van der Waals surface area contributed by atoms with Crippen molar-refractivity contribution in [1.29, 1.82) is 0 Å². The summed E-state index contributed by atoms with van der Waals surface area (Å²) in [6, 6.07) is 14.3. The molecule has 4 aromatic rings. The van der Waals surface area contributed by atoms with Gasteiger partial charge in [-0.1, -0.05) is 48.2 Å². The lowest BCUT2D eigenvalue weighted by atomic mass is 10.1. The van der Waals surface area contributed by atoms with Crippen molar-refractivity contribution < 1.29 is 13.6 Å². The Morgan fingerprint density at radius 3 is 2.80 bits per heavy atom. The normalized spacial score (nSPS) is 11.1. The SMILES string of the molecule is O=C(NCCSCc1ccccc1F)c1oc2ccccc2c1CSc1ncn[nH]1. The Bertz CT molecular complexity index is 1130. The van der Waals surface area contributed by atoms with E-state index in [4.69, 9.17) is 4.42 Å². The topological polar surface area (TPSA) is 83.8 Å². The number of carbonyl (C=O) groups excluding carboxylic acids is 1. The molecule has 0 aliphatic carbocycles. The molecule has 0 aliphatic heterocycles. The molecule has 0 fully saturated rings. The third-order valence-corrected chi connectivity index (χ3v) is 6.31. The molecule has 0 aliphatic rings. The number of hydrogen-bond donors (Lipinski definition) is 2. The number of furan rings is 1. The number of hydrogen-bond acceptors (Lipinski definition) is 6. The van der Waals surface area contributed by atoms with Gasteiger partial charge in [0.1, 0.15) is 17.7 Å². The molecule has 2 heterocycles. The average Bonchev–Trinajstić information content (AvgIpc) is 3.41. The number of halogens is 1. The molecule has 154 valence electrons. The average molecular weight is 443 g/mol. The summed E-state index contributed by atoms with van der Waals surface area (Å²) in [5, 5.41) is 11.1. The van der Waals surface area contributed by atoms with Crippen LogP contribution in [0.3, 0.4) is 0 Å². The lowest BCUT2D eigenvalue weighted by Gasteiger charge is -2.06. The van der Waals surface area contributed by atoms with Gasteiger partial charge in [-0.05, 0) is 17.7 Å². The lowest BCUT2D eigenvalue weighted by molar-refractivity contribution is 0.0929. The second-order valence-corrected chi connectivity index (χ2v) is 8.45. The molecule has 1 amide bonds. The van der Waals surface area contributed by atoms with E-state index in [1.165, 1.54) is 24.2 Å². The molecule has 0 atom stereocenters. The summed E-state index contributed by atoms with van der Waals surface area (Å²) >= 11 is 3.02. The van der Waals surface area contributed by atoms with Gasteiger partial charge in [0.2, 0.25) is 0 Å². The first kappa shape index (κ1) is 20.5. The van der Waals surface area contributed by atoms with Crippen LogP contribution in [0.2, 0.25) is 0 Å². The highest BCUT2D eigenvalue weighted by molar-refractivity contribution is 7.98. The van der Waals surface area contributed by atoms with Gasteiger partial charge in [0.15, 0.2) is 10.9 Å². The minimum atomic E-state index is -0.258. The van der Waals surface area contributed by atoms with Crippen molar-refractivity contribution in [2.45, 2.75) is 16.7 Å². The smallest absolute Gasteiger partial charge is 0.287 e. The Morgan fingerprint density at radius 2 is 1.97 bits per heavy atom. The van der Waals surface area contributed by atoms with Gasteiger partial charge in [0.25, 0.3) is 5.91 Å². The molecule has 0 unspecified atom stereocenters. The number of fused-ring (bicyclic) bond motifs is 1. The minimum absolute atomic E-state index is 0.204. The number of nitrogens with zero attached hydrogens (tertiary/aromatic N) is 2. The van der Waals surface area contributed by atoms with Gasteiger partial charge >= 0.3 is 0 Å². The molecule has 30 heavy (non-hydrogen) atoms. The highest BCUT2D eigenvalue weighted by Crippen LogP contribution is 2.31. The Hall–Kier alpha value is -2.78. The zero-order chi connectivity index (χ0) is 20.8. The number of nitrogens with one attached hydrogen (secondary N) is 2. The number of rotatable bonds is 9. The second-order valence-electron chi connectivity index (χ2n) is 6.39. The third kappa shape index (κ3) is 4.85. The van der Waals surface area contributed by atoms with Crippen LogP contribution in [0.5, 0.6) is 0 Å². The van der Waals surface area contributed by atoms with E-state index in [1.54, 1.807) is 23.9 Å². The summed E-state index contributed by atoms with van der Waals surface area (Å²) < 4.78 is 19.5. The molecule has 6 nitrogen and oxygen atoms in total. The number of amides is 1. The van der Waals surface area contributed by atoms with Crippen LogP contribution in [-0.4, -0.2) is 33.4 Å². The number of benzene rings is 2. The van der Waals surface area contributed by atoms with Crippen molar-refractivity contribution in [2.75, 3.05) is 12.3 Å². The van der Waals surface area contributed by atoms with Crippen molar-refractivity contribution in [3.05, 3.63) is 77.6 Å². The number of thioether (sulfide) groups is 2. The van der Waals surface area contributed by atoms with Crippen LogP contribution in [0.4, 0.5) is 4.39 Å². The number of aromatic nitrogens is 3. The van der Waals surface area contributed by atoms with E-state index in [0.29, 0.717) is 45.9 Å². The monoisotopic (exact) mass is 442 g/mol.